The van der Waals surface area contributed by atoms with E-state index >= 15 is 0 Å². The fourth-order valence-electron chi connectivity index (χ4n) is 4.72. The molecular formula is C34H35Cl2N3O4S. The summed E-state index contributed by atoms with van der Waals surface area (Å²) in [6, 6.07) is 29.6. The highest BCUT2D eigenvalue weighted by molar-refractivity contribution is 7.92. The van der Waals surface area contributed by atoms with Gasteiger partial charge in [-0.3, -0.25) is 13.9 Å². The van der Waals surface area contributed by atoms with Crippen LogP contribution in [0.5, 0.6) is 0 Å². The number of halogens is 2. The number of sulfonamides is 1. The fraction of sp³-hybridized carbons (Fsp3) is 0.235. The molecule has 0 radical (unpaired) electrons. The van der Waals surface area contributed by atoms with Crippen LogP contribution in [-0.2, 0) is 32.6 Å². The average Bonchev–Trinajstić information content (AvgIpc) is 2.97. The number of benzene rings is 4. The van der Waals surface area contributed by atoms with Gasteiger partial charge in [-0.05, 0) is 74.4 Å². The van der Waals surface area contributed by atoms with Crippen molar-refractivity contribution >= 4 is 50.7 Å². The molecule has 4 rings (SSSR count). The van der Waals surface area contributed by atoms with Crippen molar-refractivity contribution in [3.8, 4) is 0 Å². The van der Waals surface area contributed by atoms with Crippen LogP contribution in [0.3, 0.4) is 0 Å². The highest BCUT2D eigenvalue weighted by atomic mass is 35.5. The number of hydrogen-bond donors (Lipinski definition) is 1. The first-order valence-corrected chi connectivity index (χ1v) is 16.3. The van der Waals surface area contributed by atoms with Gasteiger partial charge in [0.1, 0.15) is 12.6 Å². The summed E-state index contributed by atoms with van der Waals surface area (Å²) in [6.07, 6.45) is 0.206. The molecule has 0 bridgehead atoms. The predicted molar refractivity (Wildman–Crippen MR) is 176 cm³/mol. The Hall–Kier alpha value is -3.85. The van der Waals surface area contributed by atoms with Crippen LogP contribution in [-0.4, -0.2) is 43.3 Å². The van der Waals surface area contributed by atoms with Crippen molar-refractivity contribution in [3.05, 3.63) is 130 Å². The third kappa shape index (κ3) is 8.85. The van der Waals surface area contributed by atoms with E-state index in [1.54, 1.807) is 54.6 Å². The van der Waals surface area contributed by atoms with Gasteiger partial charge in [-0.25, -0.2) is 8.42 Å². The van der Waals surface area contributed by atoms with Crippen molar-refractivity contribution in [2.45, 2.75) is 50.2 Å². The van der Waals surface area contributed by atoms with E-state index in [0.29, 0.717) is 15.6 Å². The number of nitrogens with zero attached hydrogens (tertiary/aromatic N) is 2. The second-order valence-corrected chi connectivity index (χ2v) is 14.1. The van der Waals surface area contributed by atoms with Crippen molar-refractivity contribution < 1.29 is 18.0 Å². The molecule has 1 atom stereocenters. The van der Waals surface area contributed by atoms with Gasteiger partial charge in [0.25, 0.3) is 10.0 Å². The summed E-state index contributed by atoms with van der Waals surface area (Å²) in [6.45, 7) is 5.03. The summed E-state index contributed by atoms with van der Waals surface area (Å²) in [7, 11) is -4.21. The molecule has 7 nitrogen and oxygen atoms in total. The summed E-state index contributed by atoms with van der Waals surface area (Å²) in [4.78, 5) is 29.8. The van der Waals surface area contributed by atoms with Gasteiger partial charge in [0.15, 0.2) is 0 Å². The predicted octanol–water partition coefficient (Wildman–Crippen LogP) is 6.74. The molecule has 230 valence electrons. The number of anilines is 1. The van der Waals surface area contributed by atoms with Gasteiger partial charge in [0.05, 0.1) is 10.6 Å². The first kappa shape index (κ1) is 33.1. The van der Waals surface area contributed by atoms with Crippen LogP contribution in [0.15, 0.2) is 114 Å². The lowest BCUT2D eigenvalue weighted by Crippen LogP contribution is -2.56. The van der Waals surface area contributed by atoms with E-state index in [9.17, 15) is 18.0 Å². The summed E-state index contributed by atoms with van der Waals surface area (Å²) >= 11 is 12.6. The molecule has 0 aromatic heterocycles. The second kappa shape index (κ2) is 14.3. The monoisotopic (exact) mass is 651 g/mol. The summed E-state index contributed by atoms with van der Waals surface area (Å²) < 4.78 is 29.0. The number of carbonyl (C=O) groups excluding carboxylic acids is 2. The lowest BCUT2D eigenvalue weighted by molar-refractivity contribution is -0.140. The Labute approximate surface area is 269 Å². The van der Waals surface area contributed by atoms with Crippen LogP contribution in [0, 0.1) is 0 Å². The molecule has 0 fully saturated rings. The van der Waals surface area contributed by atoms with E-state index in [1.165, 1.54) is 23.1 Å². The minimum absolute atomic E-state index is 0.0143. The minimum atomic E-state index is -4.21. The van der Waals surface area contributed by atoms with E-state index in [-0.39, 0.29) is 29.5 Å². The van der Waals surface area contributed by atoms with Crippen molar-refractivity contribution in [1.82, 2.24) is 10.2 Å². The topological polar surface area (TPSA) is 86.8 Å². The first-order valence-electron chi connectivity index (χ1n) is 14.1. The summed E-state index contributed by atoms with van der Waals surface area (Å²) in [5.41, 5.74) is 1.16. The zero-order valence-corrected chi connectivity index (χ0v) is 27.1. The zero-order chi connectivity index (χ0) is 31.9. The largest absolute Gasteiger partial charge is 0.350 e. The van der Waals surface area contributed by atoms with E-state index in [1.807, 2.05) is 57.2 Å². The van der Waals surface area contributed by atoms with E-state index in [2.05, 4.69) is 5.32 Å². The van der Waals surface area contributed by atoms with Gasteiger partial charge >= 0.3 is 0 Å². The average molecular weight is 653 g/mol. The maximum Gasteiger partial charge on any atom is 0.264 e. The van der Waals surface area contributed by atoms with E-state index in [4.69, 9.17) is 23.2 Å². The zero-order valence-electron chi connectivity index (χ0n) is 24.8. The molecule has 0 heterocycles. The van der Waals surface area contributed by atoms with E-state index < -0.39 is 34.1 Å². The summed E-state index contributed by atoms with van der Waals surface area (Å²) in [5.74, 6) is -0.939. The number of amides is 2. The Morgan fingerprint density at radius 3 is 1.93 bits per heavy atom. The summed E-state index contributed by atoms with van der Waals surface area (Å²) in [5, 5.41) is 3.80. The Bertz CT molecular complexity index is 1690. The highest BCUT2D eigenvalue weighted by Crippen LogP contribution is 2.27. The van der Waals surface area contributed by atoms with Gasteiger partial charge in [-0.2, -0.15) is 0 Å². The lowest BCUT2D eigenvalue weighted by Gasteiger charge is -2.35. The lowest BCUT2D eigenvalue weighted by atomic mass is 10.0. The smallest absolute Gasteiger partial charge is 0.264 e. The third-order valence-electron chi connectivity index (χ3n) is 6.72. The minimum Gasteiger partial charge on any atom is -0.350 e. The maximum atomic E-state index is 14.5. The van der Waals surface area contributed by atoms with Crippen LogP contribution >= 0.6 is 23.2 Å². The fourth-order valence-corrected chi connectivity index (χ4v) is 6.54. The molecule has 1 N–H and O–H groups in total. The van der Waals surface area contributed by atoms with Crippen LogP contribution in [0.4, 0.5) is 5.69 Å². The molecule has 0 aliphatic heterocycles. The van der Waals surface area contributed by atoms with Crippen molar-refractivity contribution in [2.24, 2.45) is 0 Å². The molecule has 0 spiro atoms. The van der Waals surface area contributed by atoms with Crippen molar-refractivity contribution in [1.29, 1.82) is 0 Å². The molecule has 4 aromatic carbocycles. The Morgan fingerprint density at radius 2 is 1.34 bits per heavy atom. The Balaban J connectivity index is 1.82. The van der Waals surface area contributed by atoms with Crippen LogP contribution in [0.25, 0.3) is 0 Å². The van der Waals surface area contributed by atoms with Gasteiger partial charge in [-0.1, -0.05) is 89.9 Å². The maximum absolute atomic E-state index is 14.5. The van der Waals surface area contributed by atoms with Crippen molar-refractivity contribution in [2.75, 3.05) is 10.8 Å². The van der Waals surface area contributed by atoms with Crippen LogP contribution in [0.1, 0.15) is 31.9 Å². The molecular weight excluding hydrogens is 617 g/mol. The molecule has 0 aliphatic rings. The molecule has 0 aliphatic carbocycles. The van der Waals surface area contributed by atoms with Crippen LogP contribution < -0.4 is 9.62 Å². The number of hydrogen-bond acceptors (Lipinski definition) is 4. The molecule has 44 heavy (non-hydrogen) atoms. The molecule has 10 heteroatoms. The molecule has 0 saturated heterocycles. The number of rotatable bonds is 11. The van der Waals surface area contributed by atoms with Crippen LogP contribution in [0.2, 0.25) is 10.0 Å². The SMILES string of the molecule is CC(C)(C)NC(=O)[C@@H](Cc1ccccc1)N(Cc1cccc(Cl)c1)C(=O)CN(c1cccc(Cl)c1)S(=O)(=O)c1ccccc1. The first-order chi connectivity index (χ1) is 20.8. The third-order valence-corrected chi connectivity index (χ3v) is 8.98. The number of nitrogens with one attached hydrogen (secondary N) is 1. The Morgan fingerprint density at radius 1 is 0.773 bits per heavy atom. The normalized spacial score (nSPS) is 12.3. The van der Waals surface area contributed by atoms with Gasteiger partial charge < -0.3 is 10.2 Å². The molecule has 2 amide bonds. The highest BCUT2D eigenvalue weighted by Gasteiger charge is 2.35. The van der Waals surface area contributed by atoms with Crippen molar-refractivity contribution in [3.63, 3.8) is 0 Å². The van der Waals surface area contributed by atoms with Gasteiger partial charge in [-0.15, -0.1) is 0 Å². The quantitative estimate of drug-likeness (QED) is 0.194. The number of carbonyl (C=O) groups is 2. The standard InChI is InChI=1S/C34H35Cl2N3O4S/c1-34(2,3)37-33(41)31(21-25-12-6-4-7-13-25)38(23-26-14-10-15-27(35)20-26)32(40)24-39(29-17-11-16-28(36)22-29)44(42,43)30-18-8-5-9-19-30/h4-20,22,31H,21,23-24H2,1-3H3,(H,37,41)/t31-/m1/s1. The molecule has 0 unspecified atom stereocenters. The van der Waals surface area contributed by atoms with Gasteiger partial charge in [0.2, 0.25) is 11.8 Å². The Kier molecular flexibility index (Phi) is 10.7. The van der Waals surface area contributed by atoms with Gasteiger partial charge in [0, 0.05) is 28.5 Å². The second-order valence-electron chi connectivity index (χ2n) is 11.4. The molecule has 0 saturated carbocycles. The van der Waals surface area contributed by atoms with E-state index in [0.717, 1.165) is 9.87 Å². The molecule has 4 aromatic rings.